The molecule has 80 valence electrons. The lowest BCUT2D eigenvalue weighted by molar-refractivity contribution is -0.150. The quantitative estimate of drug-likeness (QED) is 0.240. The van der Waals surface area contributed by atoms with Crippen molar-refractivity contribution in [3.05, 3.63) is 11.6 Å². The second-order valence-electron chi connectivity index (χ2n) is 3.76. The Morgan fingerprint density at radius 3 is 2.14 bits per heavy atom. The summed E-state index contributed by atoms with van der Waals surface area (Å²) in [7, 11) is 0. The summed E-state index contributed by atoms with van der Waals surface area (Å²) in [6.45, 7) is 6.82. The van der Waals surface area contributed by atoms with Crippen LogP contribution in [-0.4, -0.2) is 23.2 Å². The molecule has 4 heteroatoms. The number of ether oxygens (including phenoxy) is 1. The molecule has 0 saturated carbocycles. The van der Waals surface area contributed by atoms with Gasteiger partial charge in [0.05, 0.1) is 11.5 Å². The molecule has 0 aliphatic rings. The number of ketones is 1. The molecule has 0 amide bonds. The monoisotopic (exact) mass is 218 g/mol. The first kappa shape index (κ1) is 13.2. The van der Waals surface area contributed by atoms with Crippen LogP contribution in [0.4, 0.5) is 0 Å². The first-order chi connectivity index (χ1) is 6.31. The van der Waals surface area contributed by atoms with Crippen molar-refractivity contribution in [1.82, 2.24) is 0 Å². The number of alkyl halides is 1. The maximum absolute atomic E-state index is 11.4. The molecule has 3 nitrogen and oxygen atoms in total. The fourth-order valence-corrected chi connectivity index (χ4v) is 0.942. The van der Waals surface area contributed by atoms with Gasteiger partial charge in [-0.05, 0) is 27.7 Å². The van der Waals surface area contributed by atoms with Crippen molar-refractivity contribution in [2.45, 2.75) is 33.3 Å². The molecule has 0 saturated heterocycles. The summed E-state index contributed by atoms with van der Waals surface area (Å²) in [5.41, 5.74) is -0.590. The summed E-state index contributed by atoms with van der Waals surface area (Å²) in [4.78, 5) is 22.6. The van der Waals surface area contributed by atoms with E-state index in [-0.39, 0.29) is 11.5 Å². The number of esters is 1. The molecule has 0 aromatic rings. The van der Waals surface area contributed by atoms with E-state index in [1.165, 1.54) is 6.08 Å². The predicted molar refractivity (Wildman–Crippen MR) is 55.3 cm³/mol. The van der Waals surface area contributed by atoms with E-state index in [9.17, 15) is 9.59 Å². The Hall–Kier alpha value is -0.830. The summed E-state index contributed by atoms with van der Waals surface area (Å²) < 4.78 is 5.03. The fraction of sp³-hybridized carbons (Fsp3) is 0.600. The number of carbonyl (C=O) groups is 2. The minimum absolute atomic E-state index is 0.00919. The fourth-order valence-electron chi connectivity index (χ4n) is 0.798. The Morgan fingerprint density at radius 2 is 1.86 bits per heavy atom. The maximum atomic E-state index is 11.4. The Balaban J connectivity index is 4.59. The largest absolute Gasteiger partial charge is 0.456 e. The molecule has 0 aromatic carbocycles. The number of hydrogen-bond donors (Lipinski definition) is 0. The van der Waals surface area contributed by atoms with Crippen molar-refractivity contribution in [2.75, 3.05) is 5.88 Å². The van der Waals surface area contributed by atoms with Gasteiger partial charge < -0.3 is 4.74 Å². The van der Waals surface area contributed by atoms with E-state index in [1.807, 2.05) is 0 Å². The van der Waals surface area contributed by atoms with E-state index in [4.69, 9.17) is 16.3 Å². The number of rotatable bonds is 3. The van der Waals surface area contributed by atoms with Crippen LogP contribution in [0.3, 0.4) is 0 Å². The van der Waals surface area contributed by atoms with Crippen LogP contribution in [0.15, 0.2) is 11.6 Å². The average Bonchev–Trinajstić information content (AvgIpc) is 2.01. The van der Waals surface area contributed by atoms with Crippen LogP contribution in [0.1, 0.15) is 27.7 Å². The molecule has 0 rings (SSSR count). The lowest BCUT2D eigenvalue weighted by atomic mass is 10.1. The van der Waals surface area contributed by atoms with Gasteiger partial charge in [0.25, 0.3) is 0 Å². The van der Waals surface area contributed by atoms with Crippen LogP contribution < -0.4 is 0 Å². The van der Waals surface area contributed by atoms with Gasteiger partial charge >= 0.3 is 5.97 Å². The minimum Gasteiger partial charge on any atom is -0.456 e. The topological polar surface area (TPSA) is 43.4 Å². The highest BCUT2D eigenvalue weighted by atomic mass is 35.5. The van der Waals surface area contributed by atoms with Gasteiger partial charge in [-0.15, -0.1) is 11.6 Å². The van der Waals surface area contributed by atoms with E-state index in [2.05, 4.69) is 0 Å². The van der Waals surface area contributed by atoms with Crippen LogP contribution >= 0.6 is 11.6 Å². The average molecular weight is 219 g/mol. The molecule has 0 atom stereocenters. The third-order valence-electron chi connectivity index (χ3n) is 1.33. The van der Waals surface area contributed by atoms with E-state index >= 15 is 0 Å². The van der Waals surface area contributed by atoms with Crippen molar-refractivity contribution in [3.8, 4) is 0 Å². The summed E-state index contributed by atoms with van der Waals surface area (Å²) in [5.74, 6) is -1.24. The molecular formula is C10H15ClO3. The summed E-state index contributed by atoms with van der Waals surface area (Å²) in [5, 5.41) is 0. The standard InChI is InChI=1S/C10H15ClO3/c1-5-7(8(12)6-11)9(13)14-10(2,3)4/h5H,6H2,1-4H3. The zero-order valence-electron chi connectivity index (χ0n) is 8.89. The minimum atomic E-state index is -0.620. The van der Waals surface area contributed by atoms with Gasteiger partial charge in [-0.3, -0.25) is 4.79 Å². The molecular weight excluding hydrogens is 204 g/mol. The SMILES string of the molecule is CC=C(C(=O)CCl)C(=O)OC(C)(C)C. The molecule has 0 aromatic heterocycles. The first-order valence-corrected chi connectivity index (χ1v) is 4.84. The molecule has 0 bridgehead atoms. The number of Topliss-reactive ketones (excluding diaryl/α,β-unsaturated/α-hetero) is 1. The van der Waals surface area contributed by atoms with Crippen LogP contribution in [-0.2, 0) is 14.3 Å². The molecule has 0 fully saturated rings. The number of allylic oxidation sites excluding steroid dienone is 1. The van der Waals surface area contributed by atoms with Crippen LogP contribution in [0.25, 0.3) is 0 Å². The second-order valence-corrected chi connectivity index (χ2v) is 4.03. The Morgan fingerprint density at radius 1 is 1.36 bits per heavy atom. The Labute approximate surface area is 89.1 Å². The summed E-state index contributed by atoms with van der Waals surface area (Å²) in [6.07, 6.45) is 1.42. The number of halogens is 1. The molecule has 0 aliphatic heterocycles. The highest BCUT2D eigenvalue weighted by Crippen LogP contribution is 2.11. The molecule has 0 aliphatic carbocycles. The normalized spacial score (nSPS) is 12.5. The smallest absolute Gasteiger partial charge is 0.341 e. The van der Waals surface area contributed by atoms with Gasteiger partial charge in [-0.2, -0.15) is 0 Å². The van der Waals surface area contributed by atoms with Crippen molar-refractivity contribution in [3.63, 3.8) is 0 Å². The summed E-state index contributed by atoms with van der Waals surface area (Å²) >= 11 is 5.34. The highest BCUT2D eigenvalue weighted by molar-refractivity contribution is 6.34. The zero-order chi connectivity index (χ0) is 11.4. The summed E-state index contributed by atoms with van der Waals surface area (Å²) in [6, 6.07) is 0. The Bertz CT molecular complexity index is 261. The molecule has 0 radical (unpaired) electrons. The van der Waals surface area contributed by atoms with Gasteiger partial charge in [0, 0.05) is 0 Å². The van der Waals surface area contributed by atoms with Crippen LogP contribution in [0, 0.1) is 0 Å². The third-order valence-corrected chi connectivity index (χ3v) is 1.57. The van der Waals surface area contributed by atoms with Crippen LogP contribution in [0.5, 0.6) is 0 Å². The van der Waals surface area contributed by atoms with Gasteiger partial charge in [-0.1, -0.05) is 6.08 Å². The maximum Gasteiger partial charge on any atom is 0.341 e. The Kier molecular flexibility index (Phi) is 4.85. The molecule has 0 N–H and O–H groups in total. The van der Waals surface area contributed by atoms with Gasteiger partial charge in [0.1, 0.15) is 5.60 Å². The van der Waals surface area contributed by atoms with Gasteiger partial charge in [0.2, 0.25) is 0 Å². The zero-order valence-corrected chi connectivity index (χ0v) is 9.64. The number of carbonyl (C=O) groups excluding carboxylic acids is 2. The van der Waals surface area contributed by atoms with Crippen molar-refractivity contribution < 1.29 is 14.3 Å². The van der Waals surface area contributed by atoms with Gasteiger partial charge in [-0.25, -0.2) is 4.79 Å². The van der Waals surface area contributed by atoms with Crippen molar-refractivity contribution in [1.29, 1.82) is 0 Å². The molecule has 0 spiro atoms. The van der Waals surface area contributed by atoms with Crippen molar-refractivity contribution in [2.24, 2.45) is 0 Å². The lowest BCUT2D eigenvalue weighted by Gasteiger charge is -2.19. The lowest BCUT2D eigenvalue weighted by Crippen LogP contribution is -2.27. The molecule has 14 heavy (non-hydrogen) atoms. The number of hydrogen-bond acceptors (Lipinski definition) is 3. The van der Waals surface area contributed by atoms with E-state index < -0.39 is 17.4 Å². The molecule has 0 heterocycles. The second kappa shape index (κ2) is 5.15. The molecule has 0 unspecified atom stereocenters. The predicted octanol–water partition coefficient (Wildman–Crippen LogP) is 2.08. The van der Waals surface area contributed by atoms with Crippen LogP contribution in [0.2, 0.25) is 0 Å². The highest BCUT2D eigenvalue weighted by Gasteiger charge is 2.23. The third kappa shape index (κ3) is 4.42. The van der Waals surface area contributed by atoms with Gasteiger partial charge in [0.15, 0.2) is 5.78 Å². The van der Waals surface area contributed by atoms with E-state index in [1.54, 1.807) is 27.7 Å². The van der Waals surface area contributed by atoms with E-state index in [0.29, 0.717) is 0 Å². The first-order valence-electron chi connectivity index (χ1n) is 4.30. The van der Waals surface area contributed by atoms with Crippen molar-refractivity contribution >= 4 is 23.4 Å². The van der Waals surface area contributed by atoms with E-state index in [0.717, 1.165) is 0 Å².